The highest BCUT2D eigenvalue weighted by Crippen LogP contribution is 2.17. The van der Waals surface area contributed by atoms with E-state index in [-0.39, 0.29) is 0 Å². The highest BCUT2D eigenvalue weighted by molar-refractivity contribution is 7.80. The third-order valence-corrected chi connectivity index (χ3v) is 2.54. The second kappa shape index (κ2) is 3.86. The quantitative estimate of drug-likeness (QED) is 0.715. The van der Waals surface area contributed by atoms with E-state index in [9.17, 15) is 0 Å². The normalized spacial score (nSPS) is 10.3. The van der Waals surface area contributed by atoms with Crippen LogP contribution in [0.25, 0.3) is 10.9 Å². The first-order valence-electron chi connectivity index (χ1n) is 4.61. The van der Waals surface area contributed by atoms with Gasteiger partial charge in [-0.1, -0.05) is 0 Å². The van der Waals surface area contributed by atoms with E-state index in [4.69, 9.17) is 12.2 Å². The molecule has 0 unspecified atom stereocenters. The molecule has 0 aliphatic rings. The fourth-order valence-electron chi connectivity index (χ4n) is 1.42. The van der Waals surface area contributed by atoms with Crippen molar-refractivity contribution in [1.29, 1.82) is 0 Å². The molecule has 0 bridgehead atoms. The molecule has 0 spiro atoms. The van der Waals surface area contributed by atoms with Crippen LogP contribution in [0.1, 0.15) is 0 Å². The maximum Gasteiger partial charge on any atom is 0.170 e. The monoisotopic (exact) mass is 220 g/mol. The molecule has 1 heterocycles. The second-order valence-corrected chi connectivity index (χ2v) is 3.65. The number of aromatic nitrogens is 2. The molecule has 1 aromatic carbocycles. The van der Waals surface area contributed by atoms with Gasteiger partial charge in [0.05, 0.1) is 11.7 Å². The summed E-state index contributed by atoms with van der Waals surface area (Å²) in [4.78, 5) is 0. The Kier molecular flexibility index (Phi) is 2.55. The van der Waals surface area contributed by atoms with Crippen molar-refractivity contribution in [3.8, 4) is 0 Å². The SMILES string of the molecule is CNC(=S)Nc1ccc2cnn(C)c2c1. The topological polar surface area (TPSA) is 41.9 Å². The summed E-state index contributed by atoms with van der Waals surface area (Å²) in [6.45, 7) is 0. The molecule has 0 aliphatic carbocycles. The Morgan fingerprint density at radius 3 is 3.00 bits per heavy atom. The lowest BCUT2D eigenvalue weighted by atomic mass is 10.2. The van der Waals surface area contributed by atoms with Crippen LogP contribution >= 0.6 is 12.2 Å². The van der Waals surface area contributed by atoms with Gasteiger partial charge in [-0.2, -0.15) is 5.10 Å². The van der Waals surface area contributed by atoms with Gasteiger partial charge in [-0.25, -0.2) is 0 Å². The van der Waals surface area contributed by atoms with Gasteiger partial charge in [-0.3, -0.25) is 4.68 Å². The minimum absolute atomic E-state index is 0.608. The molecular weight excluding hydrogens is 208 g/mol. The van der Waals surface area contributed by atoms with Gasteiger partial charge in [0.1, 0.15) is 0 Å². The van der Waals surface area contributed by atoms with Crippen molar-refractivity contribution in [2.24, 2.45) is 7.05 Å². The first-order valence-corrected chi connectivity index (χ1v) is 5.02. The molecule has 1 aromatic heterocycles. The van der Waals surface area contributed by atoms with Gasteiger partial charge in [-0.15, -0.1) is 0 Å². The number of thiocarbonyl (C=S) groups is 1. The molecular formula is C10H12N4S. The molecule has 2 rings (SSSR count). The zero-order chi connectivity index (χ0) is 10.8. The number of hydrogen-bond acceptors (Lipinski definition) is 2. The molecule has 5 heteroatoms. The summed E-state index contributed by atoms with van der Waals surface area (Å²) < 4.78 is 1.84. The van der Waals surface area contributed by atoms with Crippen molar-refractivity contribution in [1.82, 2.24) is 15.1 Å². The highest BCUT2D eigenvalue weighted by Gasteiger charge is 2.01. The number of hydrogen-bond donors (Lipinski definition) is 2. The maximum atomic E-state index is 5.03. The number of benzene rings is 1. The van der Waals surface area contributed by atoms with Gasteiger partial charge in [0, 0.05) is 25.2 Å². The molecule has 0 aliphatic heterocycles. The van der Waals surface area contributed by atoms with Crippen LogP contribution in [0.2, 0.25) is 0 Å². The van der Waals surface area contributed by atoms with Crippen molar-refractivity contribution in [2.75, 3.05) is 12.4 Å². The molecule has 15 heavy (non-hydrogen) atoms. The Bertz CT molecular complexity index is 503. The van der Waals surface area contributed by atoms with Crippen LogP contribution in [0.3, 0.4) is 0 Å². The van der Waals surface area contributed by atoms with E-state index in [1.807, 2.05) is 36.1 Å². The molecule has 0 saturated heterocycles. The summed E-state index contributed by atoms with van der Waals surface area (Å²) in [7, 11) is 3.71. The molecule has 0 saturated carbocycles. The van der Waals surface area contributed by atoms with E-state index in [0.29, 0.717) is 5.11 Å². The van der Waals surface area contributed by atoms with Gasteiger partial charge < -0.3 is 10.6 Å². The fraction of sp³-hybridized carbons (Fsp3) is 0.200. The third-order valence-electron chi connectivity index (χ3n) is 2.23. The van der Waals surface area contributed by atoms with E-state index in [1.165, 1.54) is 0 Å². The number of fused-ring (bicyclic) bond motifs is 1. The Balaban J connectivity index is 2.37. The fourth-order valence-corrected chi connectivity index (χ4v) is 1.53. The number of rotatable bonds is 1. The Morgan fingerprint density at radius 1 is 1.47 bits per heavy atom. The van der Waals surface area contributed by atoms with Gasteiger partial charge in [0.2, 0.25) is 0 Å². The minimum Gasteiger partial charge on any atom is -0.366 e. The van der Waals surface area contributed by atoms with E-state index in [0.717, 1.165) is 16.6 Å². The maximum absolute atomic E-state index is 5.03. The summed E-state index contributed by atoms with van der Waals surface area (Å²) in [5.41, 5.74) is 2.05. The summed E-state index contributed by atoms with van der Waals surface area (Å²) in [5.74, 6) is 0. The standard InChI is InChI=1S/C10H12N4S/c1-11-10(15)13-8-4-3-7-6-12-14(2)9(7)5-8/h3-6H,1-2H3,(H2,11,13,15). The lowest BCUT2D eigenvalue weighted by molar-refractivity contribution is 0.797. The van der Waals surface area contributed by atoms with E-state index in [1.54, 1.807) is 7.05 Å². The van der Waals surface area contributed by atoms with Crippen molar-refractivity contribution in [3.05, 3.63) is 24.4 Å². The summed E-state index contributed by atoms with van der Waals surface area (Å²) in [5, 5.41) is 11.9. The Morgan fingerprint density at radius 2 is 2.27 bits per heavy atom. The van der Waals surface area contributed by atoms with Crippen molar-refractivity contribution in [3.63, 3.8) is 0 Å². The molecule has 4 nitrogen and oxygen atoms in total. The number of aryl methyl sites for hydroxylation is 1. The predicted molar refractivity (Wildman–Crippen MR) is 66.0 cm³/mol. The van der Waals surface area contributed by atoms with Crippen LogP contribution in [0.15, 0.2) is 24.4 Å². The highest BCUT2D eigenvalue weighted by atomic mass is 32.1. The van der Waals surface area contributed by atoms with Crippen molar-refractivity contribution >= 4 is 33.9 Å². The molecule has 0 fully saturated rings. The lowest BCUT2D eigenvalue weighted by Crippen LogP contribution is -2.24. The minimum atomic E-state index is 0.608. The van der Waals surface area contributed by atoms with E-state index < -0.39 is 0 Å². The third kappa shape index (κ3) is 1.92. The van der Waals surface area contributed by atoms with Crippen LogP contribution in [-0.2, 0) is 7.05 Å². The number of nitrogens with one attached hydrogen (secondary N) is 2. The van der Waals surface area contributed by atoms with Crippen LogP contribution < -0.4 is 10.6 Å². The average molecular weight is 220 g/mol. The van der Waals surface area contributed by atoms with Crippen molar-refractivity contribution < 1.29 is 0 Å². The first kappa shape index (κ1) is 9.92. The molecule has 78 valence electrons. The summed E-state index contributed by atoms with van der Waals surface area (Å²) in [6.07, 6.45) is 1.84. The molecule has 2 aromatic rings. The Hall–Kier alpha value is -1.62. The van der Waals surface area contributed by atoms with E-state index in [2.05, 4.69) is 15.7 Å². The van der Waals surface area contributed by atoms with Crippen LogP contribution in [0.5, 0.6) is 0 Å². The predicted octanol–water partition coefficient (Wildman–Crippen LogP) is 1.49. The molecule has 2 N–H and O–H groups in total. The zero-order valence-corrected chi connectivity index (χ0v) is 9.43. The molecule has 0 amide bonds. The van der Waals surface area contributed by atoms with Crippen LogP contribution in [0, 0.1) is 0 Å². The average Bonchev–Trinajstić information content (AvgIpc) is 2.60. The summed E-state index contributed by atoms with van der Waals surface area (Å²) in [6, 6.07) is 6.02. The first-order chi connectivity index (χ1) is 7.20. The van der Waals surface area contributed by atoms with Gasteiger partial charge >= 0.3 is 0 Å². The lowest BCUT2D eigenvalue weighted by Gasteiger charge is -2.06. The molecule has 0 atom stereocenters. The van der Waals surface area contributed by atoms with E-state index >= 15 is 0 Å². The Labute approximate surface area is 93.3 Å². The molecule has 0 radical (unpaired) electrons. The number of nitrogens with zero attached hydrogens (tertiary/aromatic N) is 2. The van der Waals surface area contributed by atoms with Crippen LogP contribution in [-0.4, -0.2) is 21.9 Å². The zero-order valence-electron chi connectivity index (χ0n) is 8.61. The smallest absolute Gasteiger partial charge is 0.170 e. The second-order valence-electron chi connectivity index (χ2n) is 3.25. The summed E-state index contributed by atoms with van der Waals surface area (Å²) >= 11 is 5.03. The number of anilines is 1. The van der Waals surface area contributed by atoms with Gasteiger partial charge in [0.15, 0.2) is 5.11 Å². The van der Waals surface area contributed by atoms with Crippen LogP contribution in [0.4, 0.5) is 5.69 Å². The van der Waals surface area contributed by atoms with Gasteiger partial charge in [0.25, 0.3) is 0 Å². The van der Waals surface area contributed by atoms with Crippen molar-refractivity contribution in [2.45, 2.75) is 0 Å². The van der Waals surface area contributed by atoms with Gasteiger partial charge in [-0.05, 0) is 30.4 Å². The largest absolute Gasteiger partial charge is 0.366 e.